The zero-order valence-corrected chi connectivity index (χ0v) is 13.4. The van der Waals surface area contributed by atoms with Crippen LogP contribution in [-0.2, 0) is 0 Å². The highest BCUT2D eigenvalue weighted by molar-refractivity contribution is 5.24. The molecule has 1 aromatic rings. The normalized spacial score (nSPS) is 14.6. The van der Waals surface area contributed by atoms with Crippen molar-refractivity contribution < 1.29 is 4.42 Å². The van der Waals surface area contributed by atoms with Crippen LogP contribution in [0.5, 0.6) is 0 Å². The van der Waals surface area contributed by atoms with Gasteiger partial charge in [-0.15, -0.1) is 0 Å². The van der Waals surface area contributed by atoms with E-state index in [4.69, 9.17) is 4.42 Å². The number of unbranched alkanes of at least 4 members (excludes halogenated alkanes) is 1. The van der Waals surface area contributed by atoms with Crippen LogP contribution in [0, 0.1) is 19.8 Å². The van der Waals surface area contributed by atoms with Gasteiger partial charge >= 0.3 is 0 Å². The van der Waals surface area contributed by atoms with Gasteiger partial charge in [0.2, 0.25) is 0 Å². The first kappa shape index (κ1) is 16.3. The largest absolute Gasteiger partial charge is 0.466 e. The van der Waals surface area contributed by atoms with Gasteiger partial charge in [-0.25, -0.2) is 0 Å². The predicted octanol–water partition coefficient (Wildman–Crippen LogP) is 5.15. The van der Waals surface area contributed by atoms with Crippen LogP contribution in [0.3, 0.4) is 0 Å². The smallest absolute Gasteiger partial charge is 0.105 e. The molecule has 0 bridgehead atoms. The van der Waals surface area contributed by atoms with Gasteiger partial charge in [0.25, 0.3) is 0 Å². The van der Waals surface area contributed by atoms with Crippen molar-refractivity contribution in [3.63, 3.8) is 0 Å². The van der Waals surface area contributed by atoms with Crippen molar-refractivity contribution in [2.75, 3.05) is 6.54 Å². The second kappa shape index (κ2) is 8.42. The van der Waals surface area contributed by atoms with Gasteiger partial charge in [-0.3, -0.25) is 0 Å². The molecule has 1 aromatic heterocycles. The second-order valence-corrected chi connectivity index (χ2v) is 5.61. The average Bonchev–Trinajstić information content (AvgIpc) is 2.72. The lowest BCUT2D eigenvalue weighted by atomic mass is 9.86. The summed E-state index contributed by atoms with van der Waals surface area (Å²) in [4.78, 5) is 0. The molecule has 1 heterocycles. The molecule has 2 heteroatoms. The van der Waals surface area contributed by atoms with Crippen LogP contribution < -0.4 is 5.32 Å². The van der Waals surface area contributed by atoms with Crippen LogP contribution >= 0.6 is 0 Å². The van der Waals surface area contributed by atoms with Crippen LogP contribution in [0.2, 0.25) is 0 Å². The lowest BCUT2D eigenvalue weighted by Crippen LogP contribution is -2.29. The van der Waals surface area contributed by atoms with Crippen LogP contribution in [0.1, 0.15) is 76.0 Å². The van der Waals surface area contributed by atoms with Gasteiger partial charge in [-0.1, -0.05) is 40.0 Å². The summed E-state index contributed by atoms with van der Waals surface area (Å²) in [5.41, 5.74) is 1.37. The molecule has 0 radical (unpaired) electrons. The predicted molar refractivity (Wildman–Crippen MR) is 82.5 cm³/mol. The Morgan fingerprint density at radius 3 is 2.37 bits per heavy atom. The molecule has 0 fully saturated rings. The van der Waals surface area contributed by atoms with E-state index in [1.807, 2.05) is 6.92 Å². The Bertz CT molecular complexity index is 356. The number of aryl methyl sites for hydroxylation is 2. The van der Waals surface area contributed by atoms with E-state index in [0.717, 1.165) is 18.1 Å². The molecule has 2 atom stereocenters. The summed E-state index contributed by atoms with van der Waals surface area (Å²) in [6, 6.07) is 2.67. The van der Waals surface area contributed by atoms with Crippen molar-refractivity contribution in [2.45, 2.75) is 72.8 Å². The number of furan rings is 1. The Balaban J connectivity index is 2.88. The topological polar surface area (TPSA) is 25.2 Å². The van der Waals surface area contributed by atoms with E-state index in [0.29, 0.717) is 12.0 Å². The maximum absolute atomic E-state index is 5.73. The van der Waals surface area contributed by atoms with Crippen LogP contribution in [0.4, 0.5) is 0 Å². The molecule has 0 spiro atoms. The van der Waals surface area contributed by atoms with Crippen LogP contribution in [-0.4, -0.2) is 6.54 Å². The molecule has 0 aliphatic heterocycles. The third-order valence-electron chi connectivity index (χ3n) is 3.95. The summed E-state index contributed by atoms with van der Waals surface area (Å²) in [5.74, 6) is 2.82. The second-order valence-electron chi connectivity index (χ2n) is 5.61. The van der Waals surface area contributed by atoms with Crippen molar-refractivity contribution in [3.8, 4) is 0 Å². The Hall–Kier alpha value is -0.760. The molecule has 0 aliphatic rings. The van der Waals surface area contributed by atoms with Crippen molar-refractivity contribution >= 4 is 0 Å². The summed E-state index contributed by atoms with van der Waals surface area (Å²) in [5, 5.41) is 3.74. The zero-order chi connectivity index (χ0) is 14.3. The van der Waals surface area contributed by atoms with Crippen LogP contribution in [0.15, 0.2) is 10.5 Å². The summed E-state index contributed by atoms with van der Waals surface area (Å²) >= 11 is 0. The first-order valence-corrected chi connectivity index (χ1v) is 7.94. The third kappa shape index (κ3) is 4.68. The maximum Gasteiger partial charge on any atom is 0.105 e. The van der Waals surface area contributed by atoms with Gasteiger partial charge in [0.05, 0.1) is 0 Å². The SMILES string of the molecule is CCCCC(CC)C(NCCC)c1cc(C)oc1C. The lowest BCUT2D eigenvalue weighted by molar-refractivity contribution is 0.320. The summed E-state index contributed by atoms with van der Waals surface area (Å²) in [7, 11) is 0. The first-order chi connectivity index (χ1) is 9.13. The van der Waals surface area contributed by atoms with Crippen molar-refractivity contribution in [1.82, 2.24) is 5.32 Å². The fraction of sp³-hybridized carbons (Fsp3) is 0.765. The summed E-state index contributed by atoms with van der Waals surface area (Å²) in [6.07, 6.45) is 6.30. The molecule has 0 aromatic carbocycles. The molecule has 0 aliphatic carbocycles. The molecule has 2 unspecified atom stereocenters. The Kier molecular flexibility index (Phi) is 7.22. The maximum atomic E-state index is 5.73. The van der Waals surface area contributed by atoms with E-state index in [9.17, 15) is 0 Å². The van der Waals surface area contributed by atoms with Gasteiger partial charge in [-0.05, 0) is 45.2 Å². The molecule has 0 amide bonds. The van der Waals surface area contributed by atoms with E-state index in [-0.39, 0.29) is 0 Å². The van der Waals surface area contributed by atoms with Gasteiger partial charge < -0.3 is 9.73 Å². The summed E-state index contributed by atoms with van der Waals surface area (Å²) in [6.45, 7) is 12.0. The minimum absolute atomic E-state index is 0.453. The molecule has 0 saturated carbocycles. The Morgan fingerprint density at radius 2 is 1.89 bits per heavy atom. The molecule has 1 rings (SSSR count). The lowest BCUT2D eigenvalue weighted by Gasteiger charge is -2.27. The highest BCUT2D eigenvalue weighted by Crippen LogP contribution is 2.32. The highest BCUT2D eigenvalue weighted by atomic mass is 16.3. The average molecular weight is 265 g/mol. The monoisotopic (exact) mass is 265 g/mol. The fourth-order valence-electron chi connectivity index (χ4n) is 2.86. The van der Waals surface area contributed by atoms with E-state index in [1.165, 1.54) is 37.7 Å². The van der Waals surface area contributed by atoms with Crippen molar-refractivity contribution in [2.24, 2.45) is 5.92 Å². The van der Waals surface area contributed by atoms with E-state index >= 15 is 0 Å². The minimum atomic E-state index is 0.453. The molecule has 1 N–H and O–H groups in total. The molecule has 19 heavy (non-hydrogen) atoms. The number of rotatable bonds is 9. The van der Waals surface area contributed by atoms with Gasteiger partial charge in [0.1, 0.15) is 11.5 Å². The molecular formula is C17H31NO. The number of hydrogen-bond acceptors (Lipinski definition) is 2. The van der Waals surface area contributed by atoms with Crippen molar-refractivity contribution in [3.05, 3.63) is 23.2 Å². The quantitative estimate of drug-likeness (QED) is 0.667. The van der Waals surface area contributed by atoms with Gasteiger partial charge in [0, 0.05) is 11.6 Å². The number of nitrogens with one attached hydrogen (secondary N) is 1. The minimum Gasteiger partial charge on any atom is -0.466 e. The van der Waals surface area contributed by atoms with E-state index in [2.05, 4.69) is 39.1 Å². The Morgan fingerprint density at radius 1 is 1.16 bits per heavy atom. The summed E-state index contributed by atoms with van der Waals surface area (Å²) < 4.78 is 5.73. The molecular weight excluding hydrogens is 234 g/mol. The molecule has 110 valence electrons. The first-order valence-electron chi connectivity index (χ1n) is 7.94. The van der Waals surface area contributed by atoms with E-state index in [1.54, 1.807) is 0 Å². The van der Waals surface area contributed by atoms with Crippen LogP contribution in [0.25, 0.3) is 0 Å². The zero-order valence-electron chi connectivity index (χ0n) is 13.4. The highest BCUT2D eigenvalue weighted by Gasteiger charge is 2.24. The fourth-order valence-corrected chi connectivity index (χ4v) is 2.86. The Labute approximate surface area is 119 Å². The van der Waals surface area contributed by atoms with Gasteiger partial charge in [-0.2, -0.15) is 0 Å². The molecule has 0 saturated heterocycles. The number of hydrogen-bond donors (Lipinski definition) is 1. The third-order valence-corrected chi connectivity index (χ3v) is 3.95. The van der Waals surface area contributed by atoms with Gasteiger partial charge in [0.15, 0.2) is 0 Å². The standard InChI is InChI=1S/C17H31NO/c1-6-9-10-15(8-3)17(18-11-7-2)16-12-13(4)19-14(16)5/h12,15,17-18H,6-11H2,1-5H3. The van der Waals surface area contributed by atoms with Crippen molar-refractivity contribution in [1.29, 1.82) is 0 Å². The molecule has 2 nitrogen and oxygen atoms in total. The van der Waals surface area contributed by atoms with E-state index < -0.39 is 0 Å².